The Hall–Kier alpha value is -3.28. The number of nitrogens with zero attached hydrogens (tertiary/aromatic N) is 2. The van der Waals surface area contributed by atoms with Crippen molar-refractivity contribution in [3.8, 4) is 0 Å². The zero-order valence-electron chi connectivity index (χ0n) is 18.3. The molecule has 3 rings (SSSR count). The van der Waals surface area contributed by atoms with Crippen LogP contribution in [0.15, 0.2) is 29.6 Å². The number of carbonyl (C=O) groups is 4. The van der Waals surface area contributed by atoms with Crippen molar-refractivity contribution in [2.24, 2.45) is 5.73 Å². The van der Waals surface area contributed by atoms with Crippen LogP contribution < -0.4 is 10.6 Å². The first-order chi connectivity index (χ1) is 16.2. The van der Waals surface area contributed by atoms with Crippen molar-refractivity contribution in [1.82, 2.24) is 4.90 Å². The number of carbonyl (C=O) groups excluding carboxylic acids is 4. The van der Waals surface area contributed by atoms with Crippen molar-refractivity contribution in [2.75, 3.05) is 31.2 Å². The quantitative estimate of drug-likeness (QED) is 0.331. The number of hydrogen-bond acceptors (Lipinski definition) is 7. The maximum absolute atomic E-state index is 14.3. The summed E-state index contributed by atoms with van der Waals surface area (Å²) < 4.78 is 24.9. The largest absolute Gasteiger partial charge is 0.422 e. The van der Waals surface area contributed by atoms with Gasteiger partial charge in [0.1, 0.15) is 19.0 Å². The number of benzene rings is 1. The van der Waals surface area contributed by atoms with E-state index in [0.29, 0.717) is 22.9 Å². The molecule has 34 heavy (non-hydrogen) atoms. The minimum Gasteiger partial charge on any atom is -0.422 e. The van der Waals surface area contributed by atoms with E-state index in [1.165, 1.54) is 4.90 Å². The minimum absolute atomic E-state index is 0.0143. The number of ether oxygens (including phenoxy) is 2. The molecule has 0 atom stereocenters. The molecular weight excluding hydrogens is 489 g/mol. The number of rotatable bonds is 8. The summed E-state index contributed by atoms with van der Waals surface area (Å²) in [5, 5.41) is 1.36. The lowest BCUT2D eigenvalue weighted by Gasteiger charge is -2.18. The number of primary amides is 1. The SMILES string of the molecule is CCN(CC)C(=O)COCC(=O)OC(=C1C(=O)N(C(N)=O)c2cc(Cl)c(F)cc21)c1cccs1. The van der Waals surface area contributed by atoms with Crippen molar-refractivity contribution in [2.45, 2.75) is 13.8 Å². The molecule has 12 heteroatoms. The van der Waals surface area contributed by atoms with E-state index in [1.54, 1.807) is 17.5 Å². The minimum atomic E-state index is -1.11. The van der Waals surface area contributed by atoms with Crippen molar-refractivity contribution in [3.63, 3.8) is 0 Å². The third-order valence-electron chi connectivity index (χ3n) is 4.94. The van der Waals surface area contributed by atoms with Gasteiger partial charge in [0.2, 0.25) is 5.91 Å². The summed E-state index contributed by atoms with van der Waals surface area (Å²) in [5.74, 6) is -3.14. The van der Waals surface area contributed by atoms with E-state index < -0.39 is 30.3 Å². The molecule has 2 heterocycles. The molecule has 180 valence electrons. The average molecular weight is 510 g/mol. The highest BCUT2D eigenvalue weighted by molar-refractivity contribution is 7.11. The van der Waals surface area contributed by atoms with Gasteiger partial charge in [-0.15, -0.1) is 11.3 Å². The van der Waals surface area contributed by atoms with Crippen LogP contribution in [0.4, 0.5) is 14.9 Å². The molecule has 0 bridgehead atoms. The van der Waals surface area contributed by atoms with Gasteiger partial charge in [-0.1, -0.05) is 17.7 Å². The molecule has 4 amide bonds. The van der Waals surface area contributed by atoms with Gasteiger partial charge in [-0.05, 0) is 37.4 Å². The molecule has 0 saturated carbocycles. The second-order valence-electron chi connectivity index (χ2n) is 6.98. The Morgan fingerprint density at radius 3 is 2.50 bits per heavy atom. The van der Waals surface area contributed by atoms with Gasteiger partial charge < -0.3 is 20.1 Å². The molecule has 0 spiro atoms. The van der Waals surface area contributed by atoms with Crippen LogP contribution in [0.2, 0.25) is 5.02 Å². The Balaban J connectivity index is 1.94. The summed E-state index contributed by atoms with van der Waals surface area (Å²) in [5.41, 5.74) is 5.07. The summed E-state index contributed by atoms with van der Waals surface area (Å²) in [6, 6.07) is 4.19. The third kappa shape index (κ3) is 5.11. The number of halogens is 2. The van der Waals surface area contributed by atoms with Gasteiger partial charge in [0.25, 0.3) is 5.91 Å². The highest BCUT2D eigenvalue weighted by Crippen LogP contribution is 2.43. The normalized spacial score (nSPS) is 14.1. The molecule has 0 aliphatic carbocycles. The van der Waals surface area contributed by atoms with E-state index in [4.69, 9.17) is 26.8 Å². The van der Waals surface area contributed by atoms with Gasteiger partial charge in [-0.2, -0.15) is 0 Å². The van der Waals surface area contributed by atoms with E-state index in [2.05, 4.69) is 0 Å². The Labute approximate surface area is 203 Å². The maximum atomic E-state index is 14.3. The van der Waals surface area contributed by atoms with Gasteiger partial charge in [0.15, 0.2) is 5.76 Å². The monoisotopic (exact) mass is 509 g/mol. The number of amides is 4. The number of thiophene rings is 1. The molecule has 2 aromatic rings. The first-order valence-electron chi connectivity index (χ1n) is 10.2. The lowest BCUT2D eigenvalue weighted by Crippen LogP contribution is -2.38. The van der Waals surface area contributed by atoms with E-state index in [0.717, 1.165) is 23.5 Å². The topological polar surface area (TPSA) is 119 Å². The van der Waals surface area contributed by atoms with Crippen molar-refractivity contribution in [3.05, 3.63) is 50.9 Å². The lowest BCUT2D eigenvalue weighted by atomic mass is 10.0. The van der Waals surface area contributed by atoms with Crippen molar-refractivity contribution in [1.29, 1.82) is 0 Å². The van der Waals surface area contributed by atoms with E-state index >= 15 is 0 Å². The lowest BCUT2D eigenvalue weighted by molar-refractivity contribution is -0.145. The fraction of sp³-hybridized carbons (Fsp3) is 0.273. The molecule has 1 aromatic heterocycles. The van der Waals surface area contributed by atoms with Crippen molar-refractivity contribution < 1.29 is 33.0 Å². The zero-order valence-corrected chi connectivity index (χ0v) is 19.9. The highest BCUT2D eigenvalue weighted by Gasteiger charge is 2.40. The first-order valence-corrected chi connectivity index (χ1v) is 11.4. The van der Waals surface area contributed by atoms with Crippen LogP contribution in [0.3, 0.4) is 0 Å². The van der Waals surface area contributed by atoms with E-state index in [-0.39, 0.29) is 40.1 Å². The van der Waals surface area contributed by atoms with Gasteiger partial charge in [0, 0.05) is 18.7 Å². The molecule has 1 aromatic carbocycles. The van der Waals surface area contributed by atoms with Crippen LogP contribution in [0.25, 0.3) is 11.3 Å². The summed E-state index contributed by atoms with van der Waals surface area (Å²) in [4.78, 5) is 52.2. The van der Waals surface area contributed by atoms with Crippen LogP contribution in [0, 0.1) is 5.82 Å². The second kappa shape index (κ2) is 10.8. The second-order valence-corrected chi connectivity index (χ2v) is 8.33. The van der Waals surface area contributed by atoms with E-state index in [1.807, 2.05) is 13.8 Å². The van der Waals surface area contributed by atoms with Gasteiger partial charge >= 0.3 is 12.0 Å². The van der Waals surface area contributed by atoms with Crippen LogP contribution in [0.5, 0.6) is 0 Å². The number of hydrogen-bond donors (Lipinski definition) is 1. The van der Waals surface area contributed by atoms with Crippen molar-refractivity contribution >= 4 is 63.8 Å². The number of fused-ring (bicyclic) bond motifs is 1. The summed E-state index contributed by atoms with van der Waals surface area (Å²) in [7, 11) is 0. The van der Waals surface area contributed by atoms with Crippen LogP contribution >= 0.6 is 22.9 Å². The van der Waals surface area contributed by atoms with Gasteiger partial charge in [-0.3, -0.25) is 9.59 Å². The molecule has 0 fully saturated rings. The summed E-state index contributed by atoms with van der Waals surface area (Å²) in [6.45, 7) is 3.72. The fourth-order valence-electron chi connectivity index (χ4n) is 3.36. The summed E-state index contributed by atoms with van der Waals surface area (Å²) in [6.07, 6.45) is 0. The molecule has 1 aliphatic heterocycles. The number of likely N-dealkylation sites (N-methyl/N-ethyl adjacent to an activating group) is 1. The fourth-order valence-corrected chi connectivity index (χ4v) is 4.23. The first kappa shape index (κ1) is 25.3. The molecule has 1 aliphatic rings. The predicted octanol–water partition coefficient (Wildman–Crippen LogP) is 3.26. The Kier molecular flexibility index (Phi) is 8.02. The average Bonchev–Trinajstić information content (AvgIpc) is 3.40. The Morgan fingerprint density at radius 1 is 1.21 bits per heavy atom. The smallest absolute Gasteiger partial charge is 0.337 e. The zero-order chi connectivity index (χ0) is 25.0. The molecule has 0 radical (unpaired) electrons. The number of urea groups is 1. The third-order valence-corrected chi connectivity index (χ3v) is 6.09. The number of nitrogens with two attached hydrogens (primary N) is 1. The van der Waals surface area contributed by atoms with E-state index in [9.17, 15) is 23.6 Å². The number of anilines is 1. The Morgan fingerprint density at radius 2 is 1.91 bits per heavy atom. The molecule has 2 N–H and O–H groups in total. The Bertz CT molecular complexity index is 1160. The highest BCUT2D eigenvalue weighted by atomic mass is 35.5. The van der Waals surface area contributed by atoms with Crippen LogP contribution in [-0.2, 0) is 23.9 Å². The van der Waals surface area contributed by atoms with Gasteiger partial charge in [-0.25, -0.2) is 18.9 Å². The molecule has 0 unspecified atom stereocenters. The molecular formula is C22H21ClFN3O6S. The van der Waals surface area contributed by atoms with Gasteiger partial charge in [0.05, 0.1) is 21.2 Å². The number of imide groups is 1. The standard InChI is InChI=1S/C22H21ClFN3O6S/c1-3-26(4-2)17(28)10-32-11-18(29)33-20(16-6-5-7-34-16)19-12-8-14(24)13(23)9-15(12)27(21(19)30)22(25)31/h5-9H,3-4,10-11H2,1-2H3,(H2,25,31). The van der Waals surface area contributed by atoms with Crippen LogP contribution in [-0.4, -0.2) is 55.0 Å². The predicted molar refractivity (Wildman–Crippen MR) is 124 cm³/mol. The van der Waals surface area contributed by atoms with Crippen LogP contribution in [0.1, 0.15) is 24.3 Å². The maximum Gasteiger partial charge on any atom is 0.337 e. The summed E-state index contributed by atoms with van der Waals surface area (Å²) >= 11 is 6.98. The molecule has 9 nitrogen and oxygen atoms in total. The number of esters is 1. The molecule has 0 saturated heterocycles.